The Labute approximate surface area is 117 Å². The van der Waals surface area contributed by atoms with Gasteiger partial charge >= 0.3 is 10.0 Å². The molecule has 2 aromatic rings. The van der Waals surface area contributed by atoms with Gasteiger partial charge < -0.3 is 0 Å². The zero-order valence-corrected chi connectivity index (χ0v) is 11.7. The van der Waals surface area contributed by atoms with Crippen LogP contribution < -0.4 is 0 Å². The first-order valence-corrected chi connectivity index (χ1v) is 8.29. The van der Waals surface area contributed by atoms with Crippen LogP contribution in [0, 0.1) is 20.2 Å². The molecule has 94 valence electrons. The van der Waals surface area contributed by atoms with E-state index in [9.17, 15) is 20.2 Å². The molecule has 0 aliphatic heterocycles. The van der Waals surface area contributed by atoms with Crippen molar-refractivity contribution in [2.24, 2.45) is 0 Å². The number of hydrogen-bond donors (Lipinski definition) is 0. The monoisotopic (exact) mass is 320 g/mol. The Morgan fingerprint density at radius 1 is 0.889 bits per heavy atom. The summed E-state index contributed by atoms with van der Waals surface area (Å²) in [5.74, 6) is 0. The summed E-state index contributed by atoms with van der Waals surface area (Å²) in [6, 6.07) is 3.28. The summed E-state index contributed by atoms with van der Waals surface area (Å²) < 4.78 is 0. The minimum Gasteiger partial charge on any atom is -0.258 e. The molecule has 2 aromatic heterocycles. The van der Waals surface area contributed by atoms with Crippen LogP contribution in [0.4, 0.5) is 10.0 Å². The molecule has 0 aromatic carbocycles. The van der Waals surface area contributed by atoms with Gasteiger partial charge in [-0.05, 0) is 44.5 Å². The van der Waals surface area contributed by atoms with Crippen LogP contribution in [0.1, 0.15) is 0 Å². The molecule has 0 fully saturated rings. The van der Waals surface area contributed by atoms with Crippen LogP contribution in [0.5, 0.6) is 0 Å². The molecule has 0 saturated heterocycles. The summed E-state index contributed by atoms with van der Waals surface area (Å²) in [4.78, 5) is 21.5. The zero-order chi connectivity index (χ0) is 13.1. The van der Waals surface area contributed by atoms with Crippen molar-refractivity contribution in [2.45, 2.75) is 9.79 Å². The predicted molar refractivity (Wildman–Crippen MR) is 73.7 cm³/mol. The van der Waals surface area contributed by atoms with Crippen LogP contribution in [0.3, 0.4) is 0 Å². The van der Waals surface area contributed by atoms with Gasteiger partial charge in [-0.25, -0.2) is 0 Å². The lowest BCUT2D eigenvalue weighted by atomic mass is 10.6. The summed E-state index contributed by atoms with van der Waals surface area (Å²) >= 11 is 2.08. The molecular weight excluding hydrogens is 316 g/mol. The first kappa shape index (κ1) is 13.3. The van der Waals surface area contributed by atoms with Gasteiger partial charge in [0.1, 0.15) is 9.79 Å². The Balaban J connectivity index is 2.12. The van der Waals surface area contributed by atoms with E-state index < -0.39 is 9.85 Å². The van der Waals surface area contributed by atoms with Gasteiger partial charge in [0.2, 0.25) is 0 Å². The number of nitro groups is 2. The van der Waals surface area contributed by atoms with Gasteiger partial charge in [0.25, 0.3) is 0 Å². The van der Waals surface area contributed by atoms with E-state index in [2.05, 4.69) is 0 Å². The fourth-order valence-electron chi connectivity index (χ4n) is 1.06. The van der Waals surface area contributed by atoms with Crippen LogP contribution in [0.25, 0.3) is 0 Å². The average Bonchev–Trinajstić information content (AvgIpc) is 2.94. The topological polar surface area (TPSA) is 86.3 Å². The lowest BCUT2D eigenvalue weighted by molar-refractivity contribution is -0.383. The first-order chi connectivity index (χ1) is 8.59. The van der Waals surface area contributed by atoms with Gasteiger partial charge in [-0.15, -0.1) is 0 Å². The van der Waals surface area contributed by atoms with Gasteiger partial charge in [-0.3, -0.25) is 20.2 Å². The minimum atomic E-state index is -0.449. The average molecular weight is 320 g/mol. The second kappa shape index (κ2) is 5.69. The maximum absolute atomic E-state index is 10.7. The highest BCUT2D eigenvalue weighted by Gasteiger charge is 2.20. The maximum Gasteiger partial charge on any atom is 0.338 e. The molecule has 2 heterocycles. The van der Waals surface area contributed by atoms with Gasteiger partial charge in [-0.2, -0.15) is 0 Å². The number of hydrogen-bond acceptors (Lipinski definition) is 8. The van der Waals surface area contributed by atoms with Crippen LogP contribution in [0.2, 0.25) is 0 Å². The Hall–Kier alpha value is -1.10. The summed E-state index contributed by atoms with van der Waals surface area (Å²) in [5.41, 5.74) is 0. The van der Waals surface area contributed by atoms with E-state index in [-0.39, 0.29) is 10.0 Å². The Bertz CT molecular complexity index is 541. The number of nitrogens with zero attached hydrogens (tertiary/aromatic N) is 2. The first-order valence-electron chi connectivity index (χ1n) is 4.38. The van der Waals surface area contributed by atoms with Crippen molar-refractivity contribution in [2.75, 3.05) is 0 Å². The maximum atomic E-state index is 10.7. The second-order valence-electron chi connectivity index (χ2n) is 2.86. The SMILES string of the molecule is O=[N+]([O-])c1sccc1SSc1ccsc1[N+](=O)[O-]. The molecule has 0 radical (unpaired) electrons. The molecule has 2 rings (SSSR count). The van der Waals surface area contributed by atoms with Crippen molar-refractivity contribution < 1.29 is 9.85 Å². The Kier molecular flexibility index (Phi) is 4.22. The minimum absolute atomic E-state index is 0.0605. The van der Waals surface area contributed by atoms with Crippen molar-refractivity contribution in [1.29, 1.82) is 0 Å². The van der Waals surface area contributed by atoms with E-state index in [1.807, 2.05) is 0 Å². The van der Waals surface area contributed by atoms with Crippen LogP contribution in [-0.2, 0) is 0 Å². The van der Waals surface area contributed by atoms with E-state index in [1.165, 1.54) is 0 Å². The molecule has 0 amide bonds. The molecule has 0 atom stereocenters. The smallest absolute Gasteiger partial charge is 0.258 e. The molecule has 0 spiro atoms. The summed E-state index contributed by atoms with van der Waals surface area (Å²) in [5, 5.41) is 24.8. The van der Waals surface area contributed by atoms with Crippen molar-refractivity contribution in [1.82, 2.24) is 0 Å². The highest BCUT2D eigenvalue weighted by molar-refractivity contribution is 8.76. The van der Waals surface area contributed by atoms with Gasteiger partial charge in [0.05, 0.1) is 9.85 Å². The van der Waals surface area contributed by atoms with Gasteiger partial charge in [-0.1, -0.05) is 22.7 Å². The Morgan fingerprint density at radius 3 is 1.61 bits per heavy atom. The second-order valence-corrected chi connectivity index (χ2v) is 6.86. The highest BCUT2D eigenvalue weighted by atomic mass is 33.1. The molecule has 0 N–H and O–H groups in total. The quantitative estimate of drug-likeness (QED) is 0.460. The van der Waals surface area contributed by atoms with Crippen LogP contribution >= 0.6 is 44.3 Å². The van der Waals surface area contributed by atoms with E-state index in [1.54, 1.807) is 22.9 Å². The fraction of sp³-hybridized carbons (Fsp3) is 0. The van der Waals surface area contributed by atoms with Crippen molar-refractivity contribution in [3.8, 4) is 0 Å². The third kappa shape index (κ3) is 2.83. The zero-order valence-electron chi connectivity index (χ0n) is 8.47. The van der Waals surface area contributed by atoms with Crippen LogP contribution in [-0.4, -0.2) is 9.85 Å². The Morgan fingerprint density at radius 2 is 1.28 bits per heavy atom. The third-order valence-electron chi connectivity index (χ3n) is 1.77. The lowest BCUT2D eigenvalue weighted by Crippen LogP contribution is -1.85. The molecule has 0 aliphatic rings. The molecule has 10 heteroatoms. The van der Waals surface area contributed by atoms with E-state index in [4.69, 9.17) is 0 Å². The van der Waals surface area contributed by atoms with E-state index >= 15 is 0 Å². The number of thiophene rings is 2. The van der Waals surface area contributed by atoms with Gasteiger partial charge in [0, 0.05) is 0 Å². The van der Waals surface area contributed by atoms with Crippen LogP contribution in [0.15, 0.2) is 32.7 Å². The molecular formula is C8H4N2O4S4. The largest absolute Gasteiger partial charge is 0.338 e. The highest BCUT2D eigenvalue weighted by Crippen LogP contribution is 2.47. The normalized spacial score (nSPS) is 10.4. The molecule has 0 unspecified atom stereocenters. The van der Waals surface area contributed by atoms with E-state index in [0.717, 1.165) is 44.3 Å². The molecule has 6 nitrogen and oxygen atoms in total. The van der Waals surface area contributed by atoms with E-state index in [0.29, 0.717) is 9.79 Å². The number of rotatable bonds is 5. The van der Waals surface area contributed by atoms with Crippen molar-refractivity contribution in [3.63, 3.8) is 0 Å². The summed E-state index contributed by atoms with van der Waals surface area (Å²) in [6.45, 7) is 0. The standard InChI is InChI=1S/C8H4N2O4S4/c11-9(12)7-5(1-3-15-7)17-18-6-2-4-16-8(6)10(13)14/h1-4H. The molecule has 0 saturated carbocycles. The molecule has 0 bridgehead atoms. The summed E-state index contributed by atoms with van der Waals surface area (Å²) in [7, 11) is 2.32. The van der Waals surface area contributed by atoms with Crippen molar-refractivity contribution >= 4 is 54.3 Å². The lowest BCUT2D eigenvalue weighted by Gasteiger charge is -1.96. The molecule has 18 heavy (non-hydrogen) atoms. The molecule has 0 aliphatic carbocycles. The summed E-state index contributed by atoms with van der Waals surface area (Å²) in [6.07, 6.45) is 0. The third-order valence-corrected chi connectivity index (χ3v) is 6.19. The fourth-order valence-corrected chi connectivity index (χ4v) is 5.36. The van der Waals surface area contributed by atoms with Gasteiger partial charge in [0.15, 0.2) is 0 Å². The van der Waals surface area contributed by atoms with Crippen molar-refractivity contribution in [3.05, 3.63) is 43.1 Å². The predicted octanol–water partition coefficient (Wildman–Crippen LogP) is 4.43.